The number of ether oxygens (including phenoxy) is 1. The van der Waals surface area contributed by atoms with Gasteiger partial charge in [-0.05, 0) is 69.7 Å². The second-order valence-electron chi connectivity index (χ2n) is 9.41. The van der Waals surface area contributed by atoms with Crippen molar-refractivity contribution in [3.8, 4) is 11.4 Å². The lowest BCUT2D eigenvalue weighted by molar-refractivity contribution is -0.145. The zero-order valence-corrected chi connectivity index (χ0v) is 21.3. The molecule has 2 aromatic heterocycles. The van der Waals surface area contributed by atoms with Crippen LogP contribution in [0.5, 0.6) is 0 Å². The fourth-order valence-corrected chi connectivity index (χ4v) is 4.78. The van der Waals surface area contributed by atoms with Gasteiger partial charge in [0.05, 0.1) is 35.7 Å². The number of aliphatic hydroxyl groups excluding tert-OH is 1. The summed E-state index contributed by atoms with van der Waals surface area (Å²) in [6, 6.07) is 7.89. The minimum absolute atomic E-state index is 0. The summed E-state index contributed by atoms with van der Waals surface area (Å²) in [7, 11) is 1.75. The summed E-state index contributed by atoms with van der Waals surface area (Å²) >= 11 is 0. The summed E-state index contributed by atoms with van der Waals surface area (Å²) in [4.78, 5) is 28.6. The van der Waals surface area contributed by atoms with Gasteiger partial charge in [0.15, 0.2) is 0 Å². The maximum absolute atomic E-state index is 12.2. The molecular formula is C26H34ClN3O5. The first-order valence-corrected chi connectivity index (χ1v) is 11.9. The monoisotopic (exact) mass is 503 g/mol. The van der Waals surface area contributed by atoms with Crippen molar-refractivity contribution in [1.82, 2.24) is 14.1 Å². The highest BCUT2D eigenvalue weighted by atomic mass is 35.5. The number of imidazole rings is 1. The number of aryl methyl sites for hydroxylation is 3. The number of rotatable bonds is 8. The highest BCUT2D eigenvalue weighted by Crippen LogP contribution is 2.28. The molecule has 8 nitrogen and oxygen atoms in total. The topological polar surface area (TPSA) is 107 Å². The van der Waals surface area contributed by atoms with E-state index in [0.29, 0.717) is 24.9 Å². The number of carbonyl (C=O) groups is 1. The zero-order valence-electron chi connectivity index (χ0n) is 20.4. The van der Waals surface area contributed by atoms with Crippen LogP contribution in [0.2, 0.25) is 0 Å². The molecule has 0 saturated carbocycles. The summed E-state index contributed by atoms with van der Waals surface area (Å²) in [6.45, 7) is 4.76. The molecule has 1 fully saturated rings. The molecule has 35 heavy (non-hydrogen) atoms. The van der Waals surface area contributed by atoms with Crippen molar-refractivity contribution >= 4 is 29.4 Å². The first-order chi connectivity index (χ1) is 16.2. The summed E-state index contributed by atoms with van der Waals surface area (Å²) in [6.07, 6.45) is 5.13. The Morgan fingerprint density at radius 1 is 1.29 bits per heavy atom. The number of halogens is 1. The number of hydrogen-bond acceptors (Lipinski definition) is 5. The zero-order chi connectivity index (χ0) is 24.4. The molecule has 190 valence electrons. The first kappa shape index (κ1) is 26.9. The van der Waals surface area contributed by atoms with Crippen LogP contribution in [0.15, 0.2) is 35.3 Å². The molecule has 2 N–H and O–H groups in total. The van der Waals surface area contributed by atoms with Gasteiger partial charge in [-0.3, -0.25) is 9.59 Å². The second-order valence-corrected chi connectivity index (χ2v) is 9.41. The lowest BCUT2D eigenvalue weighted by Crippen LogP contribution is -2.26. The molecule has 1 aliphatic heterocycles. The maximum Gasteiger partial charge on any atom is 0.309 e. The second kappa shape index (κ2) is 11.4. The van der Waals surface area contributed by atoms with Crippen LogP contribution in [0.3, 0.4) is 0 Å². The highest BCUT2D eigenvalue weighted by Gasteiger charge is 2.23. The first-order valence-electron chi connectivity index (χ1n) is 11.9. The van der Waals surface area contributed by atoms with Gasteiger partial charge in [-0.1, -0.05) is 6.07 Å². The molecule has 0 radical (unpaired) electrons. The average molecular weight is 504 g/mol. The Hall–Kier alpha value is -2.68. The van der Waals surface area contributed by atoms with E-state index >= 15 is 0 Å². The van der Waals surface area contributed by atoms with E-state index in [9.17, 15) is 19.8 Å². The Morgan fingerprint density at radius 3 is 2.69 bits per heavy atom. The van der Waals surface area contributed by atoms with Gasteiger partial charge in [0.2, 0.25) is 0 Å². The van der Waals surface area contributed by atoms with Crippen LogP contribution in [0, 0.1) is 12.8 Å². The molecule has 1 unspecified atom stereocenters. The van der Waals surface area contributed by atoms with Crippen LogP contribution in [-0.4, -0.2) is 49.1 Å². The molecule has 3 aromatic rings. The number of fused-ring (bicyclic) bond motifs is 1. The summed E-state index contributed by atoms with van der Waals surface area (Å²) in [5.41, 5.74) is 4.26. The van der Waals surface area contributed by atoms with Gasteiger partial charge in [-0.15, -0.1) is 12.4 Å². The Bertz CT molecular complexity index is 1220. The number of carboxylic acid groups (broad SMARTS) is 1. The molecule has 1 aliphatic rings. The van der Waals surface area contributed by atoms with E-state index in [1.165, 1.54) is 6.92 Å². The van der Waals surface area contributed by atoms with Crippen LogP contribution in [0.4, 0.5) is 0 Å². The largest absolute Gasteiger partial charge is 0.481 e. The number of hydrogen-bond donors (Lipinski definition) is 2. The normalized spacial score (nSPS) is 17.7. The summed E-state index contributed by atoms with van der Waals surface area (Å²) in [5, 5.41) is 19.2. The van der Waals surface area contributed by atoms with E-state index in [1.54, 1.807) is 11.6 Å². The van der Waals surface area contributed by atoms with Gasteiger partial charge >= 0.3 is 5.97 Å². The van der Waals surface area contributed by atoms with Crippen LogP contribution in [-0.2, 0) is 29.5 Å². The standard InChI is InChI=1S/C26H33N3O5.ClH/c1-16-12-19(14-28(3)25(16)31)24-27-22-13-18(7-9-21(17(2)30)26(32)33)8-10-23(22)29(24)15-20-6-4-5-11-34-20;/h8,10,12-14,17,20-21,30H,4-7,9,11,15H2,1-3H3,(H,32,33);1H/t17-,20?,21+;/m1./s1. The fraction of sp³-hybridized carbons (Fsp3) is 0.500. The van der Waals surface area contributed by atoms with Crippen molar-refractivity contribution in [1.29, 1.82) is 0 Å². The van der Waals surface area contributed by atoms with Crippen molar-refractivity contribution in [2.75, 3.05) is 6.61 Å². The molecule has 3 heterocycles. The van der Waals surface area contributed by atoms with Gasteiger partial charge in [0, 0.05) is 31.0 Å². The predicted octanol–water partition coefficient (Wildman–Crippen LogP) is 3.72. The molecule has 0 aliphatic carbocycles. The molecule has 0 amide bonds. The number of nitrogens with zero attached hydrogens (tertiary/aromatic N) is 3. The number of pyridine rings is 1. The Morgan fingerprint density at radius 2 is 2.06 bits per heavy atom. The SMILES string of the molecule is Cc1cc(-c2nc3cc(CC[C@H](C(=O)O)[C@@H](C)O)ccc3n2CC2CCCCO2)cn(C)c1=O.Cl. The van der Waals surface area contributed by atoms with Crippen LogP contribution in [0.25, 0.3) is 22.4 Å². The molecule has 1 aromatic carbocycles. The highest BCUT2D eigenvalue weighted by molar-refractivity contribution is 5.85. The Labute approximate surface area is 211 Å². The maximum atomic E-state index is 12.2. The molecule has 0 spiro atoms. The number of carboxylic acids is 1. The van der Waals surface area contributed by atoms with E-state index in [-0.39, 0.29) is 24.1 Å². The smallest absolute Gasteiger partial charge is 0.309 e. The summed E-state index contributed by atoms with van der Waals surface area (Å²) in [5.74, 6) is -1.01. The molecule has 1 saturated heterocycles. The van der Waals surface area contributed by atoms with Gasteiger partial charge < -0.3 is 24.1 Å². The number of benzene rings is 1. The third-order valence-corrected chi connectivity index (χ3v) is 6.74. The van der Waals surface area contributed by atoms with Gasteiger partial charge in [-0.25, -0.2) is 4.98 Å². The lowest BCUT2D eigenvalue weighted by atomic mass is 9.95. The van der Waals surface area contributed by atoms with Crippen molar-refractivity contribution in [3.05, 3.63) is 51.9 Å². The number of aliphatic carboxylic acids is 1. The molecular weight excluding hydrogens is 470 g/mol. The van der Waals surface area contributed by atoms with Crippen molar-refractivity contribution in [2.24, 2.45) is 13.0 Å². The Kier molecular flexibility index (Phi) is 8.74. The van der Waals surface area contributed by atoms with Crippen molar-refractivity contribution < 1.29 is 19.7 Å². The van der Waals surface area contributed by atoms with Crippen LogP contribution in [0.1, 0.15) is 43.7 Å². The summed E-state index contributed by atoms with van der Waals surface area (Å²) < 4.78 is 9.76. The number of aromatic nitrogens is 3. The number of aliphatic hydroxyl groups is 1. The fourth-order valence-electron chi connectivity index (χ4n) is 4.78. The third-order valence-electron chi connectivity index (χ3n) is 6.74. The third kappa shape index (κ3) is 5.94. The van der Waals surface area contributed by atoms with Gasteiger partial charge in [-0.2, -0.15) is 0 Å². The van der Waals surface area contributed by atoms with Crippen molar-refractivity contribution in [3.63, 3.8) is 0 Å². The minimum atomic E-state index is -0.986. The van der Waals surface area contributed by atoms with Crippen LogP contribution >= 0.6 is 12.4 Å². The van der Waals surface area contributed by atoms with Crippen molar-refractivity contribution in [2.45, 2.75) is 64.7 Å². The Balaban J connectivity index is 0.00000342. The molecule has 3 atom stereocenters. The molecule has 4 rings (SSSR count). The minimum Gasteiger partial charge on any atom is -0.481 e. The van der Waals surface area contributed by atoms with E-state index in [0.717, 1.165) is 53.9 Å². The van der Waals surface area contributed by atoms with E-state index in [4.69, 9.17) is 9.72 Å². The lowest BCUT2D eigenvalue weighted by Gasteiger charge is -2.24. The van der Waals surface area contributed by atoms with E-state index in [1.807, 2.05) is 37.4 Å². The van der Waals surface area contributed by atoms with Crippen LogP contribution < -0.4 is 5.56 Å². The van der Waals surface area contributed by atoms with Gasteiger partial charge in [0.25, 0.3) is 5.56 Å². The van der Waals surface area contributed by atoms with E-state index in [2.05, 4.69) is 4.57 Å². The average Bonchev–Trinajstić information content (AvgIpc) is 3.15. The molecule has 9 heteroatoms. The predicted molar refractivity (Wildman–Crippen MR) is 137 cm³/mol. The molecule has 0 bridgehead atoms. The van der Waals surface area contributed by atoms with E-state index < -0.39 is 18.0 Å². The van der Waals surface area contributed by atoms with Gasteiger partial charge in [0.1, 0.15) is 5.82 Å². The quantitative estimate of drug-likeness (QED) is 0.485.